The van der Waals surface area contributed by atoms with E-state index in [0.717, 1.165) is 18.2 Å². The van der Waals surface area contributed by atoms with Gasteiger partial charge in [-0.2, -0.15) is 0 Å². The number of benzene rings is 1. The van der Waals surface area contributed by atoms with E-state index in [0.29, 0.717) is 5.41 Å². The fourth-order valence-electron chi connectivity index (χ4n) is 3.35. The van der Waals surface area contributed by atoms with Gasteiger partial charge < -0.3 is 10.1 Å². The number of hydrogen-bond acceptors (Lipinski definition) is 2. The van der Waals surface area contributed by atoms with Crippen LogP contribution in [0.2, 0.25) is 0 Å². The molecule has 1 heterocycles. The van der Waals surface area contributed by atoms with E-state index in [9.17, 15) is 0 Å². The first-order valence-electron chi connectivity index (χ1n) is 6.20. The summed E-state index contributed by atoms with van der Waals surface area (Å²) in [6, 6.07) is 8.64. The Morgan fingerprint density at radius 1 is 1.38 bits per heavy atom. The van der Waals surface area contributed by atoms with Crippen molar-refractivity contribution in [2.24, 2.45) is 5.92 Å². The predicted octanol–water partition coefficient (Wildman–Crippen LogP) is 2.34. The average Bonchev–Trinajstić information content (AvgIpc) is 2.31. The molecule has 1 aromatic carbocycles. The first-order chi connectivity index (χ1) is 7.85. The molecule has 0 amide bonds. The van der Waals surface area contributed by atoms with Crippen molar-refractivity contribution in [2.75, 3.05) is 20.2 Å². The highest BCUT2D eigenvalue weighted by Crippen LogP contribution is 2.51. The topological polar surface area (TPSA) is 21.3 Å². The molecule has 1 saturated heterocycles. The SMILES string of the molecule is COc1cccc([C@@]23CC[C@@H]2CCNC3)c1. The Kier molecular flexibility index (Phi) is 2.40. The Labute approximate surface area is 97.0 Å². The van der Waals surface area contributed by atoms with Crippen LogP contribution in [-0.2, 0) is 5.41 Å². The summed E-state index contributed by atoms with van der Waals surface area (Å²) in [5.74, 6) is 1.88. The lowest BCUT2D eigenvalue weighted by atomic mass is 9.54. The summed E-state index contributed by atoms with van der Waals surface area (Å²) in [7, 11) is 1.74. The molecule has 16 heavy (non-hydrogen) atoms. The van der Waals surface area contributed by atoms with E-state index >= 15 is 0 Å². The van der Waals surface area contributed by atoms with Crippen LogP contribution >= 0.6 is 0 Å². The summed E-state index contributed by atoms with van der Waals surface area (Å²) in [5.41, 5.74) is 1.88. The highest BCUT2D eigenvalue weighted by molar-refractivity contribution is 5.37. The minimum Gasteiger partial charge on any atom is -0.497 e. The Hall–Kier alpha value is -1.02. The van der Waals surface area contributed by atoms with E-state index in [1.54, 1.807) is 7.11 Å². The third-order valence-electron chi connectivity index (χ3n) is 4.48. The highest BCUT2D eigenvalue weighted by atomic mass is 16.5. The van der Waals surface area contributed by atoms with E-state index in [2.05, 4.69) is 23.5 Å². The second-order valence-electron chi connectivity index (χ2n) is 5.09. The number of hydrogen-bond donors (Lipinski definition) is 1. The Morgan fingerprint density at radius 3 is 3.00 bits per heavy atom. The van der Waals surface area contributed by atoms with E-state index in [1.165, 1.54) is 31.4 Å². The van der Waals surface area contributed by atoms with Gasteiger partial charge in [-0.3, -0.25) is 0 Å². The first-order valence-corrected chi connectivity index (χ1v) is 6.20. The second-order valence-corrected chi connectivity index (χ2v) is 5.09. The van der Waals surface area contributed by atoms with E-state index in [1.807, 2.05) is 6.07 Å². The summed E-state index contributed by atoms with van der Waals surface area (Å²) in [5, 5.41) is 3.55. The van der Waals surface area contributed by atoms with Crippen molar-refractivity contribution in [3.63, 3.8) is 0 Å². The lowest BCUT2D eigenvalue weighted by Crippen LogP contribution is -2.55. The van der Waals surface area contributed by atoms with Gasteiger partial charge in [-0.25, -0.2) is 0 Å². The number of nitrogens with one attached hydrogen (secondary N) is 1. The maximum atomic E-state index is 5.33. The smallest absolute Gasteiger partial charge is 0.119 e. The first kappa shape index (κ1) is 10.2. The average molecular weight is 217 g/mol. The summed E-state index contributed by atoms with van der Waals surface area (Å²) < 4.78 is 5.33. The lowest BCUT2D eigenvalue weighted by Gasteiger charge is -2.53. The molecule has 1 aromatic rings. The zero-order chi connectivity index (χ0) is 11.0. The number of fused-ring (bicyclic) bond motifs is 1. The molecule has 0 bridgehead atoms. The highest BCUT2D eigenvalue weighted by Gasteiger charge is 2.48. The van der Waals surface area contributed by atoms with Gasteiger partial charge >= 0.3 is 0 Å². The van der Waals surface area contributed by atoms with Gasteiger partial charge in [-0.1, -0.05) is 12.1 Å². The number of ether oxygens (including phenoxy) is 1. The van der Waals surface area contributed by atoms with Gasteiger partial charge in [0.2, 0.25) is 0 Å². The lowest BCUT2D eigenvalue weighted by molar-refractivity contribution is 0.0810. The molecule has 2 nitrogen and oxygen atoms in total. The molecule has 3 rings (SSSR count). The zero-order valence-corrected chi connectivity index (χ0v) is 9.83. The molecule has 2 heteroatoms. The third kappa shape index (κ3) is 1.36. The van der Waals surface area contributed by atoms with Crippen LogP contribution in [0.15, 0.2) is 24.3 Å². The predicted molar refractivity (Wildman–Crippen MR) is 64.9 cm³/mol. The Balaban J connectivity index is 1.95. The molecule has 2 fully saturated rings. The normalized spacial score (nSPS) is 32.7. The van der Waals surface area contributed by atoms with E-state index in [-0.39, 0.29) is 0 Å². The fraction of sp³-hybridized carbons (Fsp3) is 0.571. The number of methoxy groups -OCH3 is 1. The van der Waals surface area contributed by atoms with Crippen LogP contribution < -0.4 is 10.1 Å². The van der Waals surface area contributed by atoms with Gasteiger partial charge in [0, 0.05) is 12.0 Å². The van der Waals surface area contributed by atoms with Crippen LogP contribution in [0.3, 0.4) is 0 Å². The molecule has 1 aliphatic heterocycles. The number of rotatable bonds is 2. The minimum atomic E-state index is 0.410. The minimum absolute atomic E-state index is 0.410. The van der Waals surface area contributed by atoms with Gasteiger partial charge in [0.25, 0.3) is 0 Å². The molecular weight excluding hydrogens is 198 g/mol. The largest absolute Gasteiger partial charge is 0.497 e. The summed E-state index contributed by atoms with van der Waals surface area (Å²) in [6.45, 7) is 2.33. The summed E-state index contributed by atoms with van der Waals surface area (Å²) >= 11 is 0. The molecule has 0 spiro atoms. The molecule has 1 N–H and O–H groups in total. The maximum absolute atomic E-state index is 5.33. The molecule has 1 saturated carbocycles. The van der Waals surface area contributed by atoms with Crippen LogP contribution in [0.4, 0.5) is 0 Å². The second kappa shape index (κ2) is 3.77. The molecule has 0 radical (unpaired) electrons. The molecule has 2 aliphatic rings. The van der Waals surface area contributed by atoms with Crippen molar-refractivity contribution >= 4 is 0 Å². The van der Waals surface area contributed by atoms with Gasteiger partial charge in [0.15, 0.2) is 0 Å². The van der Waals surface area contributed by atoms with Crippen molar-refractivity contribution in [2.45, 2.75) is 24.7 Å². The van der Waals surface area contributed by atoms with Crippen molar-refractivity contribution in [3.05, 3.63) is 29.8 Å². The molecule has 0 unspecified atom stereocenters. The van der Waals surface area contributed by atoms with Crippen molar-refractivity contribution in [3.8, 4) is 5.75 Å². The van der Waals surface area contributed by atoms with Crippen molar-refractivity contribution in [1.29, 1.82) is 0 Å². The van der Waals surface area contributed by atoms with Gasteiger partial charge in [-0.05, 0) is 49.4 Å². The number of piperidine rings is 1. The van der Waals surface area contributed by atoms with Crippen LogP contribution in [0.1, 0.15) is 24.8 Å². The molecular formula is C14H19NO. The molecule has 0 aromatic heterocycles. The summed E-state index contributed by atoms with van der Waals surface area (Å²) in [6.07, 6.45) is 4.06. The van der Waals surface area contributed by atoms with Gasteiger partial charge in [0.1, 0.15) is 5.75 Å². The van der Waals surface area contributed by atoms with Crippen LogP contribution in [0.5, 0.6) is 5.75 Å². The van der Waals surface area contributed by atoms with Gasteiger partial charge in [0.05, 0.1) is 7.11 Å². The quantitative estimate of drug-likeness (QED) is 0.821. The fourth-order valence-corrected chi connectivity index (χ4v) is 3.35. The van der Waals surface area contributed by atoms with E-state index in [4.69, 9.17) is 4.74 Å². The third-order valence-corrected chi connectivity index (χ3v) is 4.48. The zero-order valence-electron chi connectivity index (χ0n) is 9.83. The Bertz CT molecular complexity index is 390. The van der Waals surface area contributed by atoms with Crippen LogP contribution in [0.25, 0.3) is 0 Å². The molecule has 2 atom stereocenters. The van der Waals surface area contributed by atoms with Crippen molar-refractivity contribution < 1.29 is 4.74 Å². The molecule has 1 aliphatic carbocycles. The monoisotopic (exact) mass is 217 g/mol. The van der Waals surface area contributed by atoms with E-state index < -0.39 is 0 Å². The maximum Gasteiger partial charge on any atom is 0.119 e. The summed E-state index contributed by atoms with van der Waals surface area (Å²) in [4.78, 5) is 0. The standard InChI is InChI=1S/C14H19NO/c1-16-13-4-2-3-12(9-13)14-7-5-11(14)6-8-15-10-14/h2-4,9,11,15H,5-8,10H2,1H3/t11-,14-/m1/s1. The molecule has 86 valence electrons. The van der Waals surface area contributed by atoms with Gasteiger partial charge in [-0.15, -0.1) is 0 Å². The van der Waals surface area contributed by atoms with Crippen LogP contribution in [0, 0.1) is 5.92 Å². The van der Waals surface area contributed by atoms with Crippen molar-refractivity contribution in [1.82, 2.24) is 5.32 Å². The Morgan fingerprint density at radius 2 is 2.31 bits per heavy atom. The van der Waals surface area contributed by atoms with Crippen LogP contribution in [-0.4, -0.2) is 20.2 Å².